The molecule has 3 N–H and O–H groups in total. The van der Waals surface area contributed by atoms with E-state index in [1.54, 1.807) is 12.1 Å². The number of carbonyl (C=O) groups is 1. The van der Waals surface area contributed by atoms with E-state index in [9.17, 15) is 9.18 Å². The zero-order valence-electron chi connectivity index (χ0n) is 10.1. The molecule has 2 aromatic rings. The Labute approximate surface area is 128 Å². The van der Waals surface area contributed by atoms with Gasteiger partial charge in [0.25, 0.3) is 5.91 Å². The normalized spacial score (nSPS) is 16.9. The minimum absolute atomic E-state index is 0.252. The molecule has 3 rings (SSSR count). The third-order valence-corrected chi connectivity index (χ3v) is 4.06. The van der Waals surface area contributed by atoms with Crippen LogP contribution in [0.2, 0.25) is 5.02 Å². The quantitative estimate of drug-likeness (QED) is 0.767. The first kappa shape index (κ1) is 13.4. The van der Waals surface area contributed by atoms with Crippen molar-refractivity contribution in [1.29, 1.82) is 0 Å². The molecule has 0 aliphatic carbocycles. The van der Waals surface area contributed by atoms with Gasteiger partial charge in [0.2, 0.25) is 0 Å². The Balaban J connectivity index is 2.21. The fourth-order valence-electron chi connectivity index (χ4n) is 2.40. The van der Waals surface area contributed by atoms with E-state index in [-0.39, 0.29) is 5.91 Å². The highest BCUT2D eigenvalue weighted by Crippen LogP contribution is 2.39. The summed E-state index contributed by atoms with van der Waals surface area (Å²) in [5.41, 5.74) is 8.05. The standard InChI is InChI=1S/C14H9BrClFN2O/c15-6-3-9-12(11(18)4-6)13(19-14(9)20)8-5-7(17)1-2-10(8)16/h1-5,13H,18H2,(H,19,20)/t13-/m0/s1. The maximum Gasteiger partial charge on any atom is 0.252 e. The molecule has 0 bridgehead atoms. The molecule has 2 aromatic carbocycles. The third-order valence-electron chi connectivity index (χ3n) is 3.25. The van der Waals surface area contributed by atoms with Crippen molar-refractivity contribution in [2.24, 2.45) is 0 Å². The van der Waals surface area contributed by atoms with Crippen molar-refractivity contribution >= 4 is 39.1 Å². The van der Waals surface area contributed by atoms with Crippen LogP contribution in [0.1, 0.15) is 27.5 Å². The van der Waals surface area contributed by atoms with Gasteiger partial charge in [-0.2, -0.15) is 0 Å². The lowest BCUT2D eigenvalue weighted by atomic mass is 9.96. The van der Waals surface area contributed by atoms with Crippen molar-refractivity contribution < 1.29 is 9.18 Å². The molecule has 0 fully saturated rings. The lowest BCUT2D eigenvalue weighted by Crippen LogP contribution is -2.20. The second-order valence-electron chi connectivity index (χ2n) is 4.53. The Morgan fingerprint density at radius 3 is 2.80 bits per heavy atom. The van der Waals surface area contributed by atoms with Gasteiger partial charge in [0.15, 0.2) is 0 Å². The van der Waals surface area contributed by atoms with Gasteiger partial charge in [-0.25, -0.2) is 4.39 Å². The van der Waals surface area contributed by atoms with Crippen molar-refractivity contribution in [2.45, 2.75) is 6.04 Å². The van der Waals surface area contributed by atoms with Gasteiger partial charge in [-0.1, -0.05) is 27.5 Å². The number of amides is 1. The molecule has 6 heteroatoms. The molecule has 1 aliphatic heterocycles. The first-order valence-corrected chi connectivity index (χ1v) is 6.99. The number of hydrogen-bond donors (Lipinski definition) is 2. The van der Waals surface area contributed by atoms with Crippen LogP contribution in [0.15, 0.2) is 34.8 Å². The summed E-state index contributed by atoms with van der Waals surface area (Å²) < 4.78 is 14.1. The fraction of sp³-hybridized carbons (Fsp3) is 0.0714. The highest BCUT2D eigenvalue weighted by atomic mass is 79.9. The van der Waals surface area contributed by atoms with Crippen molar-refractivity contribution in [1.82, 2.24) is 5.32 Å². The summed E-state index contributed by atoms with van der Waals surface area (Å²) in [5, 5.41) is 3.16. The summed E-state index contributed by atoms with van der Waals surface area (Å²) in [6, 6.07) is 6.91. The third kappa shape index (κ3) is 2.07. The van der Waals surface area contributed by atoms with Crippen LogP contribution in [0.3, 0.4) is 0 Å². The van der Waals surface area contributed by atoms with Crippen LogP contribution in [0.25, 0.3) is 0 Å². The zero-order chi connectivity index (χ0) is 14.4. The van der Waals surface area contributed by atoms with Crippen molar-refractivity contribution in [3.8, 4) is 0 Å². The van der Waals surface area contributed by atoms with Crippen LogP contribution in [0.5, 0.6) is 0 Å². The summed E-state index contributed by atoms with van der Waals surface area (Å²) >= 11 is 9.41. The number of anilines is 1. The molecule has 1 atom stereocenters. The Morgan fingerprint density at radius 2 is 2.05 bits per heavy atom. The van der Waals surface area contributed by atoms with Gasteiger partial charge in [0.1, 0.15) is 5.82 Å². The van der Waals surface area contributed by atoms with Crippen LogP contribution in [0, 0.1) is 5.82 Å². The number of nitrogens with one attached hydrogen (secondary N) is 1. The molecule has 3 nitrogen and oxygen atoms in total. The molecule has 20 heavy (non-hydrogen) atoms. The number of rotatable bonds is 1. The van der Waals surface area contributed by atoms with E-state index >= 15 is 0 Å². The lowest BCUT2D eigenvalue weighted by Gasteiger charge is -2.16. The first-order valence-electron chi connectivity index (χ1n) is 5.82. The number of benzene rings is 2. The molecule has 0 radical (unpaired) electrons. The summed E-state index contributed by atoms with van der Waals surface area (Å²) in [7, 11) is 0. The molecule has 1 aliphatic rings. The highest BCUT2D eigenvalue weighted by Gasteiger charge is 2.33. The first-order chi connectivity index (χ1) is 9.47. The Bertz CT molecular complexity index is 735. The van der Waals surface area contributed by atoms with Crippen LogP contribution < -0.4 is 11.1 Å². The minimum atomic E-state index is -0.534. The average Bonchev–Trinajstić information content (AvgIpc) is 2.70. The summed E-state index contributed by atoms with van der Waals surface area (Å²) in [6.45, 7) is 0. The predicted molar refractivity (Wildman–Crippen MR) is 79.3 cm³/mol. The largest absolute Gasteiger partial charge is 0.398 e. The Morgan fingerprint density at radius 1 is 1.30 bits per heavy atom. The summed E-state index contributed by atoms with van der Waals surface area (Å²) in [4.78, 5) is 12.0. The van der Waals surface area contributed by atoms with E-state index in [0.717, 1.165) is 4.47 Å². The number of nitrogen functional groups attached to an aromatic ring is 1. The van der Waals surface area contributed by atoms with Crippen LogP contribution in [-0.2, 0) is 0 Å². The van der Waals surface area contributed by atoms with Crippen LogP contribution >= 0.6 is 27.5 Å². The number of hydrogen-bond acceptors (Lipinski definition) is 2. The smallest absolute Gasteiger partial charge is 0.252 e. The van der Waals surface area contributed by atoms with Gasteiger partial charge >= 0.3 is 0 Å². The minimum Gasteiger partial charge on any atom is -0.398 e. The zero-order valence-corrected chi connectivity index (χ0v) is 12.4. The molecule has 0 unspecified atom stereocenters. The predicted octanol–water partition coefficient (Wildman–Crippen LogP) is 3.66. The number of fused-ring (bicyclic) bond motifs is 1. The van der Waals surface area contributed by atoms with Crippen LogP contribution in [-0.4, -0.2) is 5.91 Å². The van der Waals surface area contributed by atoms with E-state index < -0.39 is 11.9 Å². The average molecular weight is 356 g/mol. The Hall–Kier alpha value is -1.59. The van der Waals surface area contributed by atoms with Crippen molar-refractivity contribution in [2.75, 3.05) is 5.73 Å². The van der Waals surface area contributed by atoms with E-state index in [2.05, 4.69) is 21.2 Å². The molecule has 102 valence electrons. The van der Waals surface area contributed by atoms with Gasteiger partial charge in [0, 0.05) is 31.9 Å². The lowest BCUT2D eigenvalue weighted by molar-refractivity contribution is 0.0960. The summed E-state index contributed by atoms with van der Waals surface area (Å²) in [5.74, 6) is -0.666. The molecule has 0 aromatic heterocycles. The van der Waals surface area contributed by atoms with Gasteiger partial charge in [0.05, 0.1) is 6.04 Å². The van der Waals surface area contributed by atoms with E-state index in [0.29, 0.717) is 27.4 Å². The SMILES string of the molecule is Nc1cc(Br)cc2c1[C@H](c1cc(F)ccc1Cl)NC2=O. The van der Waals surface area contributed by atoms with Crippen molar-refractivity contribution in [3.05, 3.63) is 62.3 Å². The molecule has 0 saturated heterocycles. The number of carbonyl (C=O) groups excluding carboxylic acids is 1. The van der Waals surface area contributed by atoms with Gasteiger partial charge in [-0.15, -0.1) is 0 Å². The van der Waals surface area contributed by atoms with E-state index in [1.165, 1.54) is 18.2 Å². The highest BCUT2D eigenvalue weighted by molar-refractivity contribution is 9.10. The number of nitrogens with two attached hydrogens (primary N) is 1. The van der Waals surface area contributed by atoms with Gasteiger partial charge in [-0.05, 0) is 30.3 Å². The van der Waals surface area contributed by atoms with Crippen LogP contribution in [0.4, 0.5) is 10.1 Å². The number of halogens is 3. The van der Waals surface area contributed by atoms with Crippen molar-refractivity contribution in [3.63, 3.8) is 0 Å². The second kappa shape index (κ2) is 4.75. The second-order valence-corrected chi connectivity index (χ2v) is 5.85. The molecule has 1 heterocycles. The molecular weight excluding hydrogens is 347 g/mol. The fourth-order valence-corrected chi connectivity index (χ4v) is 3.10. The van der Waals surface area contributed by atoms with E-state index in [4.69, 9.17) is 17.3 Å². The summed E-state index contributed by atoms with van der Waals surface area (Å²) in [6.07, 6.45) is 0. The molecule has 0 spiro atoms. The van der Waals surface area contributed by atoms with Gasteiger partial charge in [-0.3, -0.25) is 4.79 Å². The molecular formula is C14H9BrClFN2O. The topological polar surface area (TPSA) is 55.1 Å². The molecule has 0 saturated carbocycles. The molecule has 1 amide bonds. The van der Waals surface area contributed by atoms with E-state index in [1.807, 2.05) is 0 Å². The van der Waals surface area contributed by atoms with Gasteiger partial charge < -0.3 is 11.1 Å². The maximum absolute atomic E-state index is 13.4. The maximum atomic E-state index is 13.4. The Kier molecular flexibility index (Phi) is 3.18. The monoisotopic (exact) mass is 354 g/mol.